The molecule has 0 bridgehead atoms. The molecule has 2 amide bonds. The van der Waals surface area contributed by atoms with Crippen molar-refractivity contribution in [2.75, 3.05) is 0 Å². The average molecular weight is 401 g/mol. The van der Waals surface area contributed by atoms with E-state index in [2.05, 4.69) is 5.32 Å². The van der Waals surface area contributed by atoms with Crippen LogP contribution in [0.5, 0.6) is 0 Å². The first-order chi connectivity index (χ1) is 13.4. The first-order valence-electron chi connectivity index (χ1n) is 9.82. The van der Waals surface area contributed by atoms with E-state index in [1.54, 1.807) is 11.0 Å². The summed E-state index contributed by atoms with van der Waals surface area (Å²) in [4.78, 5) is 27.6. The third-order valence-electron chi connectivity index (χ3n) is 4.82. The normalized spacial score (nSPS) is 12.9. The largest absolute Gasteiger partial charge is 0.352 e. The van der Waals surface area contributed by atoms with Gasteiger partial charge in [-0.2, -0.15) is 0 Å². The molecule has 0 saturated carbocycles. The van der Waals surface area contributed by atoms with Crippen molar-refractivity contribution in [2.45, 2.75) is 58.7 Å². The van der Waals surface area contributed by atoms with Gasteiger partial charge < -0.3 is 10.2 Å². The molecule has 2 aromatic carbocycles. The van der Waals surface area contributed by atoms with Crippen molar-refractivity contribution in [2.24, 2.45) is 0 Å². The maximum absolute atomic E-state index is 13.1. The Labute approximate surface area is 172 Å². The third-order valence-corrected chi connectivity index (χ3v) is 5.05. The van der Waals surface area contributed by atoms with Crippen molar-refractivity contribution in [3.8, 4) is 0 Å². The van der Waals surface area contributed by atoms with Crippen LogP contribution in [0.2, 0.25) is 5.02 Å². The molecule has 0 aromatic heterocycles. The molecule has 0 unspecified atom stereocenters. The van der Waals surface area contributed by atoms with Gasteiger partial charge in [-0.1, -0.05) is 67.9 Å². The minimum Gasteiger partial charge on any atom is -0.352 e. The highest BCUT2D eigenvalue weighted by atomic mass is 35.5. The van der Waals surface area contributed by atoms with Gasteiger partial charge in [0, 0.05) is 30.5 Å². The molecule has 0 fully saturated rings. The van der Waals surface area contributed by atoms with Gasteiger partial charge in [0.05, 0.1) is 0 Å². The summed E-state index contributed by atoms with van der Waals surface area (Å²) in [6, 6.07) is 16.7. The van der Waals surface area contributed by atoms with Gasteiger partial charge in [-0.15, -0.1) is 0 Å². The molecule has 0 aliphatic carbocycles. The number of hydrogen-bond acceptors (Lipinski definition) is 2. The van der Waals surface area contributed by atoms with Crippen molar-refractivity contribution in [3.63, 3.8) is 0 Å². The van der Waals surface area contributed by atoms with E-state index in [1.807, 2.05) is 69.3 Å². The van der Waals surface area contributed by atoms with Crippen molar-refractivity contribution < 1.29 is 9.59 Å². The highest BCUT2D eigenvalue weighted by Gasteiger charge is 2.30. The minimum atomic E-state index is -0.581. The first-order valence-corrected chi connectivity index (χ1v) is 10.2. The van der Waals surface area contributed by atoms with E-state index < -0.39 is 6.04 Å². The Hall–Kier alpha value is -2.33. The van der Waals surface area contributed by atoms with Gasteiger partial charge in [-0.05, 0) is 36.6 Å². The lowest BCUT2D eigenvalue weighted by atomic mass is 10.0. The van der Waals surface area contributed by atoms with Crippen LogP contribution >= 0.6 is 11.6 Å². The second-order valence-electron chi connectivity index (χ2n) is 7.03. The van der Waals surface area contributed by atoms with Crippen LogP contribution in [0.15, 0.2) is 54.6 Å². The van der Waals surface area contributed by atoms with Gasteiger partial charge in [0.1, 0.15) is 6.04 Å². The molecule has 1 N–H and O–H groups in total. The summed E-state index contributed by atoms with van der Waals surface area (Å²) in [7, 11) is 0. The smallest absolute Gasteiger partial charge is 0.243 e. The molecule has 150 valence electrons. The molecule has 0 aliphatic heterocycles. The fraction of sp³-hybridized carbons (Fsp3) is 0.391. The molecule has 0 radical (unpaired) electrons. The number of amides is 2. The number of benzene rings is 2. The fourth-order valence-electron chi connectivity index (χ4n) is 3.03. The second-order valence-corrected chi connectivity index (χ2v) is 7.46. The Kier molecular flexibility index (Phi) is 8.52. The highest BCUT2D eigenvalue weighted by Crippen LogP contribution is 2.18. The van der Waals surface area contributed by atoms with Crippen LogP contribution in [0.1, 0.15) is 44.7 Å². The molecule has 0 aliphatic rings. The predicted octanol–water partition coefficient (Wildman–Crippen LogP) is 4.60. The number of carbonyl (C=O) groups is 2. The van der Waals surface area contributed by atoms with E-state index >= 15 is 0 Å². The molecular formula is C23H29ClN2O2. The molecule has 2 aromatic rings. The van der Waals surface area contributed by atoms with Gasteiger partial charge in [-0.3, -0.25) is 9.59 Å². The molecule has 28 heavy (non-hydrogen) atoms. The average Bonchev–Trinajstić information content (AvgIpc) is 2.70. The van der Waals surface area contributed by atoms with Gasteiger partial charge in [0.15, 0.2) is 0 Å². The van der Waals surface area contributed by atoms with E-state index in [9.17, 15) is 9.59 Å². The van der Waals surface area contributed by atoms with Crippen molar-refractivity contribution in [1.82, 2.24) is 10.2 Å². The van der Waals surface area contributed by atoms with E-state index in [0.29, 0.717) is 24.4 Å². The Bertz CT molecular complexity index is 779. The zero-order valence-electron chi connectivity index (χ0n) is 16.8. The topological polar surface area (TPSA) is 49.4 Å². The van der Waals surface area contributed by atoms with Crippen LogP contribution in [0.3, 0.4) is 0 Å². The third kappa shape index (κ3) is 6.38. The minimum absolute atomic E-state index is 0.0514. The lowest BCUT2D eigenvalue weighted by Gasteiger charge is -2.32. The molecule has 0 spiro atoms. The molecule has 2 atom stereocenters. The summed E-state index contributed by atoms with van der Waals surface area (Å²) >= 11 is 6.12. The summed E-state index contributed by atoms with van der Waals surface area (Å²) in [5, 5.41) is 3.66. The second kappa shape index (κ2) is 10.9. The standard InChI is InChI=1S/C23H29ClN2O2/c1-4-17(3)25-23(28)21(15-18-10-7-6-8-11-18)26(22(27)5-2)16-19-12-9-13-20(24)14-19/h6-14,17,21H,4-5,15-16H2,1-3H3,(H,25,28)/t17-,21-/m0/s1. The van der Waals surface area contributed by atoms with Crippen molar-refractivity contribution in [1.29, 1.82) is 0 Å². The summed E-state index contributed by atoms with van der Waals surface area (Å²) < 4.78 is 0. The van der Waals surface area contributed by atoms with Crippen molar-refractivity contribution in [3.05, 3.63) is 70.7 Å². The first kappa shape index (κ1) is 22.0. The van der Waals surface area contributed by atoms with E-state index in [1.165, 1.54) is 0 Å². The SMILES string of the molecule is CCC(=O)N(Cc1cccc(Cl)c1)[C@@H](Cc1ccccc1)C(=O)N[C@@H](C)CC. The zero-order valence-corrected chi connectivity index (χ0v) is 17.6. The number of rotatable bonds is 9. The van der Waals surface area contributed by atoms with E-state index in [0.717, 1.165) is 17.5 Å². The van der Waals surface area contributed by atoms with Crippen molar-refractivity contribution >= 4 is 23.4 Å². The van der Waals surface area contributed by atoms with E-state index in [-0.39, 0.29) is 17.9 Å². The summed E-state index contributed by atoms with van der Waals surface area (Å²) in [6.45, 7) is 6.16. The van der Waals surface area contributed by atoms with Crippen LogP contribution in [-0.4, -0.2) is 28.8 Å². The Morgan fingerprint density at radius 3 is 2.32 bits per heavy atom. The number of halogens is 1. The molecular weight excluding hydrogens is 372 g/mol. The van der Waals surface area contributed by atoms with Crippen LogP contribution in [0.25, 0.3) is 0 Å². The summed E-state index contributed by atoms with van der Waals surface area (Å²) in [5.74, 6) is -0.178. The zero-order chi connectivity index (χ0) is 20.5. The predicted molar refractivity (Wildman–Crippen MR) is 114 cm³/mol. The Morgan fingerprint density at radius 1 is 1.04 bits per heavy atom. The fourth-order valence-corrected chi connectivity index (χ4v) is 3.24. The lowest BCUT2D eigenvalue weighted by Crippen LogP contribution is -2.52. The summed E-state index contributed by atoms with van der Waals surface area (Å²) in [6.07, 6.45) is 1.64. The summed E-state index contributed by atoms with van der Waals surface area (Å²) in [5.41, 5.74) is 1.93. The monoisotopic (exact) mass is 400 g/mol. The number of nitrogens with zero attached hydrogens (tertiary/aromatic N) is 1. The van der Waals surface area contributed by atoms with Gasteiger partial charge in [0.2, 0.25) is 11.8 Å². The van der Waals surface area contributed by atoms with Gasteiger partial charge >= 0.3 is 0 Å². The number of hydrogen-bond donors (Lipinski definition) is 1. The Morgan fingerprint density at radius 2 is 1.71 bits per heavy atom. The molecule has 2 rings (SSSR count). The lowest BCUT2D eigenvalue weighted by molar-refractivity contribution is -0.141. The van der Waals surface area contributed by atoms with Crippen LogP contribution in [0, 0.1) is 0 Å². The number of carbonyl (C=O) groups excluding carboxylic acids is 2. The molecule has 4 nitrogen and oxygen atoms in total. The maximum Gasteiger partial charge on any atom is 0.243 e. The van der Waals surface area contributed by atoms with Crippen LogP contribution < -0.4 is 5.32 Å². The van der Waals surface area contributed by atoms with E-state index in [4.69, 9.17) is 11.6 Å². The highest BCUT2D eigenvalue weighted by molar-refractivity contribution is 6.30. The molecule has 0 saturated heterocycles. The molecule has 5 heteroatoms. The van der Waals surface area contributed by atoms with Gasteiger partial charge in [0.25, 0.3) is 0 Å². The quantitative estimate of drug-likeness (QED) is 0.668. The van der Waals surface area contributed by atoms with Crippen LogP contribution in [0.4, 0.5) is 0 Å². The molecule has 0 heterocycles. The maximum atomic E-state index is 13.1. The van der Waals surface area contributed by atoms with Gasteiger partial charge in [-0.25, -0.2) is 0 Å². The Balaban J connectivity index is 2.35. The van der Waals surface area contributed by atoms with Crippen LogP contribution in [-0.2, 0) is 22.6 Å². The number of nitrogens with one attached hydrogen (secondary N) is 1.